The van der Waals surface area contributed by atoms with Crippen LogP contribution in [0.15, 0.2) is 4.99 Å². The van der Waals surface area contributed by atoms with Gasteiger partial charge in [0, 0.05) is 39.3 Å². The molecule has 0 radical (unpaired) electrons. The lowest BCUT2D eigenvalue weighted by atomic mass is 10.0. The summed E-state index contributed by atoms with van der Waals surface area (Å²) >= 11 is 0. The smallest absolute Gasteiger partial charge is 0.193 e. The van der Waals surface area contributed by atoms with Gasteiger partial charge in [-0.1, -0.05) is 19.8 Å². The first kappa shape index (κ1) is 15.6. The molecule has 1 unspecified atom stereocenters. The molecule has 4 heteroatoms. The number of hydrogen-bond acceptors (Lipinski definition) is 2. The zero-order chi connectivity index (χ0) is 14.4. The number of likely N-dealkylation sites (N-methyl/N-ethyl adjacent to an activating group) is 1. The second kappa shape index (κ2) is 7.87. The fraction of sp³-hybridized carbons (Fsp3) is 0.938. The molecule has 4 nitrogen and oxygen atoms in total. The van der Waals surface area contributed by atoms with Gasteiger partial charge in [-0.3, -0.25) is 4.99 Å². The van der Waals surface area contributed by atoms with E-state index in [1.165, 1.54) is 38.5 Å². The summed E-state index contributed by atoms with van der Waals surface area (Å²) in [4.78, 5) is 9.39. The molecule has 0 aromatic carbocycles. The molecule has 2 fully saturated rings. The minimum Gasteiger partial charge on any atom is -0.355 e. The fourth-order valence-corrected chi connectivity index (χ4v) is 3.59. The first-order valence-corrected chi connectivity index (χ1v) is 8.36. The Hall–Kier alpha value is -0.770. The summed E-state index contributed by atoms with van der Waals surface area (Å²) in [6.45, 7) is 6.77. The van der Waals surface area contributed by atoms with Crippen molar-refractivity contribution >= 4 is 5.96 Å². The van der Waals surface area contributed by atoms with Gasteiger partial charge in [0.1, 0.15) is 0 Å². The summed E-state index contributed by atoms with van der Waals surface area (Å²) in [7, 11) is 4.17. The van der Waals surface area contributed by atoms with Crippen molar-refractivity contribution in [3.8, 4) is 0 Å². The molecule has 0 aromatic rings. The number of guanidine groups is 1. The average Bonchev–Trinajstić information content (AvgIpc) is 2.97. The monoisotopic (exact) mass is 280 g/mol. The number of likely N-dealkylation sites (tertiary alicyclic amines) is 1. The van der Waals surface area contributed by atoms with Crippen LogP contribution in [0.5, 0.6) is 0 Å². The second-order valence-electron chi connectivity index (χ2n) is 6.59. The first-order valence-electron chi connectivity index (χ1n) is 8.36. The fourth-order valence-electron chi connectivity index (χ4n) is 3.59. The van der Waals surface area contributed by atoms with E-state index in [9.17, 15) is 0 Å². The Morgan fingerprint density at radius 3 is 2.65 bits per heavy atom. The van der Waals surface area contributed by atoms with E-state index in [2.05, 4.69) is 34.1 Å². The Balaban J connectivity index is 1.70. The van der Waals surface area contributed by atoms with E-state index in [4.69, 9.17) is 0 Å². The second-order valence-corrected chi connectivity index (χ2v) is 6.59. The van der Waals surface area contributed by atoms with Crippen LogP contribution >= 0.6 is 0 Å². The molecule has 1 saturated heterocycles. The van der Waals surface area contributed by atoms with E-state index >= 15 is 0 Å². The number of piperidine rings is 1. The maximum atomic E-state index is 4.45. The van der Waals surface area contributed by atoms with Gasteiger partial charge in [0.2, 0.25) is 0 Å². The summed E-state index contributed by atoms with van der Waals surface area (Å²) in [5.74, 6) is 1.89. The quantitative estimate of drug-likeness (QED) is 0.632. The molecule has 116 valence electrons. The molecule has 1 heterocycles. The summed E-state index contributed by atoms with van der Waals surface area (Å²) < 4.78 is 0. The lowest BCUT2D eigenvalue weighted by molar-refractivity contribution is 0.242. The highest BCUT2D eigenvalue weighted by atomic mass is 15.3. The predicted molar refractivity (Wildman–Crippen MR) is 86.2 cm³/mol. The van der Waals surface area contributed by atoms with Gasteiger partial charge < -0.3 is 15.1 Å². The minimum atomic E-state index is 0.795. The van der Waals surface area contributed by atoms with E-state index in [-0.39, 0.29) is 0 Å². The van der Waals surface area contributed by atoms with Crippen molar-refractivity contribution in [2.75, 3.05) is 40.3 Å². The van der Waals surface area contributed by atoms with Crippen molar-refractivity contribution in [2.45, 2.75) is 51.5 Å². The third-order valence-corrected chi connectivity index (χ3v) is 4.86. The Morgan fingerprint density at radius 2 is 2.00 bits per heavy atom. The SMILES string of the molecule is CN=C(NCCN(C)C1CCCC1)N1CCCC(C)C1. The zero-order valence-corrected chi connectivity index (χ0v) is 13.6. The van der Waals surface area contributed by atoms with Gasteiger partial charge in [0.05, 0.1) is 0 Å². The van der Waals surface area contributed by atoms with Gasteiger partial charge in [0.25, 0.3) is 0 Å². The van der Waals surface area contributed by atoms with E-state index < -0.39 is 0 Å². The Morgan fingerprint density at radius 1 is 1.25 bits per heavy atom. The number of aliphatic imine (C=N–C) groups is 1. The molecule has 2 aliphatic rings. The molecule has 1 atom stereocenters. The van der Waals surface area contributed by atoms with Crippen molar-refractivity contribution < 1.29 is 0 Å². The summed E-state index contributed by atoms with van der Waals surface area (Å²) in [6.07, 6.45) is 8.25. The molecule has 0 spiro atoms. The molecule has 20 heavy (non-hydrogen) atoms. The predicted octanol–water partition coefficient (Wildman–Crippen LogP) is 2.17. The molecule has 0 amide bonds. The molecular formula is C16H32N4. The van der Waals surface area contributed by atoms with E-state index in [0.717, 1.165) is 44.1 Å². The largest absolute Gasteiger partial charge is 0.355 e. The van der Waals surface area contributed by atoms with Crippen LogP contribution in [-0.2, 0) is 0 Å². The molecular weight excluding hydrogens is 248 g/mol. The van der Waals surface area contributed by atoms with Crippen molar-refractivity contribution in [3.05, 3.63) is 0 Å². The van der Waals surface area contributed by atoms with Crippen LogP contribution < -0.4 is 5.32 Å². The Kier molecular flexibility index (Phi) is 6.14. The molecule has 1 N–H and O–H groups in total. The van der Waals surface area contributed by atoms with Gasteiger partial charge in [-0.05, 0) is 38.6 Å². The standard InChI is InChI=1S/C16H32N4/c1-14-7-6-11-20(13-14)16(17-2)18-10-12-19(3)15-8-4-5-9-15/h14-15H,4-13H2,1-3H3,(H,17,18). The zero-order valence-electron chi connectivity index (χ0n) is 13.6. The van der Waals surface area contributed by atoms with Crippen LogP contribution in [-0.4, -0.2) is 62.1 Å². The molecule has 1 aliphatic carbocycles. The van der Waals surface area contributed by atoms with Crippen LogP contribution in [0.1, 0.15) is 45.4 Å². The number of hydrogen-bond donors (Lipinski definition) is 1. The van der Waals surface area contributed by atoms with Gasteiger partial charge in [-0.15, -0.1) is 0 Å². The molecule has 0 aromatic heterocycles. The highest BCUT2D eigenvalue weighted by Crippen LogP contribution is 2.21. The third kappa shape index (κ3) is 4.37. The highest BCUT2D eigenvalue weighted by Gasteiger charge is 2.21. The van der Waals surface area contributed by atoms with Crippen molar-refractivity contribution in [1.29, 1.82) is 0 Å². The maximum absolute atomic E-state index is 4.45. The van der Waals surface area contributed by atoms with Crippen LogP contribution in [0.4, 0.5) is 0 Å². The Bertz CT molecular complexity index is 310. The molecule has 2 rings (SSSR count). The lowest BCUT2D eigenvalue weighted by Gasteiger charge is -2.34. The third-order valence-electron chi connectivity index (χ3n) is 4.86. The highest BCUT2D eigenvalue weighted by molar-refractivity contribution is 5.79. The maximum Gasteiger partial charge on any atom is 0.193 e. The Labute approximate surface area is 124 Å². The van der Waals surface area contributed by atoms with E-state index in [0.29, 0.717) is 0 Å². The van der Waals surface area contributed by atoms with Gasteiger partial charge in [-0.25, -0.2) is 0 Å². The lowest BCUT2D eigenvalue weighted by Crippen LogP contribution is -2.48. The molecule has 0 bridgehead atoms. The van der Waals surface area contributed by atoms with E-state index in [1.807, 2.05) is 7.05 Å². The number of rotatable bonds is 4. The van der Waals surface area contributed by atoms with Gasteiger partial charge in [-0.2, -0.15) is 0 Å². The number of nitrogens with one attached hydrogen (secondary N) is 1. The number of nitrogens with zero attached hydrogens (tertiary/aromatic N) is 3. The summed E-state index contributed by atoms with van der Waals surface area (Å²) in [5.41, 5.74) is 0. The first-order chi connectivity index (χ1) is 9.70. The van der Waals surface area contributed by atoms with Crippen molar-refractivity contribution in [1.82, 2.24) is 15.1 Å². The van der Waals surface area contributed by atoms with Crippen LogP contribution in [0.2, 0.25) is 0 Å². The average molecular weight is 280 g/mol. The molecule has 1 aliphatic heterocycles. The topological polar surface area (TPSA) is 30.9 Å². The van der Waals surface area contributed by atoms with Crippen LogP contribution in [0.25, 0.3) is 0 Å². The summed E-state index contributed by atoms with van der Waals surface area (Å²) in [6, 6.07) is 0.814. The van der Waals surface area contributed by atoms with Gasteiger partial charge >= 0.3 is 0 Å². The van der Waals surface area contributed by atoms with E-state index in [1.54, 1.807) is 0 Å². The van der Waals surface area contributed by atoms with Crippen molar-refractivity contribution in [3.63, 3.8) is 0 Å². The van der Waals surface area contributed by atoms with Gasteiger partial charge in [0.15, 0.2) is 5.96 Å². The van der Waals surface area contributed by atoms with Crippen molar-refractivity contribution in [2.24, 2.45) is 10.9 Å². The minimum absolute atomic E-state index is 0.795. The van der Waals surface area contributed by atoms with Crippen LogP contribution in [0.3, 0.4) is 0 Å². The molecule has 1 saturated carbocycles. The normalized spacial score (nSPS) is 25.5. The van der Waals surface area contributed by atoms with Crippen LogP contribution in [0, 0.1) is 5.92 Å². The summed E-state index contributed by atoms with van der Waals surface area (Å²) in [5, 5.41) is 3.55.